The molecule has 0 aliphatic carbocycles. The first-order valence-electron chi connectivity index (χ1n) is 3.56. The molecule has 1 aromatic rings. The monoisotopic (exact) mass is 214 g/mol. The molecule has 0 amide bonds. The van der Waals surface area contributed by atoms with Crippen LogP contribution in [0.4, 0.5) is 5.69 Å². The molecular formula is C8H11BrN2. The Morgan fingerprint density at radius 1 is 1.45 bits per heavy atom. The summed E-state index contributed by atoms with van der Waals surface area (Å²) in [6.07, 6.45) is 1.81. The number of rotatable bonds is 2. The summed E-state index contributed by atoms with van der Waals surface area (Å²) in [6.45, 7) is 4.20. The summed E-state index contributed by atoms with van der Waals surface area (Å²) < 4.78 is 0.867. The van der Waals surface area contributed by atoms with Crippen molar-refractivity contribution in [2.24, 2.45) is 0 Å². The zero-order valence-electron chi connectivity index (χ0n) is 6.63. The minimum Gasteiger partial charge on any atom is -0.382 e. The number of anilines is 1. The lowest BCUT2D eigenvalue weighted by Gasteiger charge is -2.08. The Morgan fingerprint density at radius 2 is 2.18 bits per heavy atom. The van der Waals surface area contributed by atoms with E-state index < -0.39 is 0 Å². The second kappa shape index (κ2) is 3.72. The molecule has 0 saturated carbocycles. The molecule has 2 nitrogen and oxygen atoms in total. The van der Waals surface area contributed by atoms with Crippen LogP contribution < -0.4 is 5.32 Å². The van der Waals surface area contributed by atoms with Crippen LogP contribution in [-0.2, 0) is 0 Å². The first-order chi connectivity index (χ1) is 5.18. The molecule has 60 valence electrons. The van der Waals surface area contributed by atoms with Crippen LogP contribution in [0.5, 0.6) is 0 Å². The van der Waals surface area contributed by atoms with E-state index in [1.165, 1.54) is 0 Å². The van der Waals surface area contributed by atoms with Gasteiger partial charge in [-0.25, -0.2) is 4.98 Å². The summed E-state index contributed by atoms with van der Waals surface area (Å²) in [5.74, 6) is 0. The first kappa shape index (κ1) is 8.53. The van der Waals surface area contributed by atoms with Crippen molar-refractivity contribution >= 4 is 21.6 Å². The van der Waals surface area contributed by atoms with Crippen LogP contribution >= 0.6 is 15.9 Å². The molecule has 0 atom stereocenters. The van der Waals surface area contributed by atoms with Gasteiger partial charge in [0.05, 0.1) is 11.9 Å². The van der Waals surface area contributed by atoms with Gasteiger partial charge in [-0.15, -0.1) is 0 Å². The molecule has 0 bridgehead atoms. The van der Waals surface area contributed by atoms with Crippen LogP contribution in [0.2, 0.25) is 0 Å². The molecule has 0 spiro atoms. The molecule has 0 unspecified atom stereocenters. The zero-order valence-corrected chi connectivity index (χ0v) is 8.22. The van der Waals surface area contributed by atoms with Gasteiger partial charge in [0.1, 0.15) is 4.60 Å². The highest BCUT2D eigenvalue weighted by atomic mass is 79.9. The number of aromatic nitrogens is 1. The largest absolute Gasteiger partial charge is 0.382 e. The quantitative estimate of drug-likeness (QED) is 0.767. The first-order valence-corrected chi connectivity index (χ1v) is 4.36. The maximum Gasteiger partial charge on any atom is 0.106 e. The Kier molecular flexibility index (Phi) is 2.88. The third kappa shape index (κ3) is 2.89. The predicted molar refractivity (Wildman–Crippen MR) is 50.7 cm³/mol. The van der Waals surface area contributed by atoms with Crippen molar-refractivity contribution in [2.45, 2.75) is 19.9 Å². The zero-order chi connectivity index (χ0) is 8.27. The average molecular weight is 215 g/mol. The molecule has 0 aliphatic heterocycles. The van der Waals surface area contributed by atoms with E-state index in [4.69, 9.17) is 0 Å². The van der Waals surface area contributed by atoms with Crippen LogP contribution in [0.3, 0.4) is 0 Å². The van der Waals surface area contributed by atoms with Crippen LogP contribution in [-0.4, -0.2) is 11.0 Å². The van der Waals surface area contributed by atoms with Crippen molar-refractivity contribution in [3.05, 3.63) is 22.9 Å². The van der Waals surface area contributed by atoms with Crippen LogP contribution in [0.15, 0.2) is 22.9 Å². The maximum atomic E-state index is 4.09. The fraction of sp³-hybridized carbons (Fsp3) is 0.375. The van der Waals surface area contributed by atoms with Gasteiger partial charge in [0.2, 0.25) is 0 Å². The van der Waals surface area contributed by atoms with E-state index in [0.717, 1.165) is 10.3 Å². The SMILES string of the molecule is CC(C)Nc1ccc(Br)nc1. The molecule has 0 fully saturated rings. The maximum absolute atomic E-state index is 4.09. The van der Waals surface area contributed by atoms with Crippen LogP contribution in [0, 0.1) is 0 Å². The molecule has 0 aliphatic rings. The Bertz CT molecular complexity index is 218. The third-order valence-corrected chi connectivity index (χ3v) is 1.65. The number of hydrogen-bond acceptors (Lipinski definition) is 2. The van der Waals surface area contributed by atoms with E-state index in [1.54, 1.807) is 0 Å². The van der Waals surface area contributed by atoms with Gasteiger partial charge < -0.3 is 5.32 Å². The highest BCUT2D eigenvalue weighted by Gasteiger charge is 1.94. The number of pyridine rings is 1. The molecule has 0 radical (unpaired) electrons. The summed E-state index contributed by atoms with van der Waals surface area (Å²) in [5, 5.41) is 3.25. The summed E-state index contributed by atoms with van der Waals surface area (Å²) in [6, 6.07) is 4.37. The van der Waals surface area contributed by atoms with E-state index in [2.05, 4.69) is 40.1 Å². The van der Waals surface area contributed by atoms with Gasteiger partial charge in [0, 0.05) is 6.04 Å². The van der Waals surface area contributed by atoms with Crippen molar-refractivity contribution in [1.82, 2.24) is 4.98 Å². The average Bonchev–Trinajstić information content (AvgIpc) is 1.93. The molecule has 1 rings (SSSR count). The minimum absolute atomic E-state index is 0.456. The summed E-state index contributed by atoms with van der Waals surface area (Å²) >= 11 is 3.27. The summed E-state index contributed by atoms with van der Waals surface area (Å²) in [7, 11) is 0. The van der Waals surface area contributed by atoms with Gasteiger partial charge in [0.15, 0.2) is 0 Å². The normalized spacial score (nSPS) is 10.2. The minimum atomic E-state index is 0.456. The molecule has 11 heavy (non-hydrogen) atoms. The van der Waals surface area contributed by atoms with E-state index in [1.807, 2.05) is 18.3 Å². The molecule has 1 N–H and O–H groups in total. The number of nitrogens with zero attached hydrogens (tertiary/aromatic N) is 1. The van der Waals surface area contributed by atoms with Crippen LogP contribution in [0.1, 0.15) is 13.8 Å². The molecule has 0 aromatic carbocycles. The smallest absolute Gasteiger partial charge is 0.106 e. The van der Waals surface area contributed by atoms with Gasteiger partial charge in [-0.2, -0.15) is 0 Å². The van der Waals surface area contributed by atoms with Gasteiger partial charge >= 0.3 is 0 Å². The lowest BCUT2D eigenvalue weighted by Crippen LogP contribution is -2.09. The van der Waals surface area contributed by atoms with Crippen molar-refractivity contribution in [3.8, 4) is 0 Å². The van der Waals surface area contributed by atoms with Gasteiger partial charge in [0.25, 0.3) is 0 Å². The van der Waals surface area contributed by atoms with Crippen LogP contribution in [0.25, 0.3) is 0 Å². The molecule has 1 heterocycles. The second-order valence-electron chi connectivity index (χ2n) is 2.67. The Hall–Kier alpha value is -0.570. The Balaban J connectivity index is 2.66. The molecule has 3 heteroatoms. The van der Waals surface area contributed by atoms with Gasteiger partial charge in [-0.1, -0.05) is 0 Å². The van der Waals surface area contributed by atoms with E-state index in [9.17, 15) is 0 Å². The van der Waals surface area contributed by atoms with Crippen molar-refractivity contribution in [3.63, 3.8) is 0 Å². The second-order valence-corrected chi connectivity index (χ2v) is 3.48. The van der Waals surface area contributed by atoms with Crippen molar-refractivity contribution in [1.29, 1.82) is 0 Å². The molecular weight excluding hydrogens is 204 g/mol. The lowest BCUT2D eigenvalue weighted by molar-refractivity contribution is 0.897. The fourth-order valence-electron chi connectivity index (χ4n) is 0.795. The standard InChI is InChI=1S/C8H11BrN2/c1-6(2)11-7-3-4-8(9)10-5-7/h3-6,11H,1-2H3. The van der Waals surface area contributed by atoms with Gasteiger partial charge in [-0.3, -0.25) is 0 Å². The fourth-order valence-corrected chi connectivity index (χ4v) is 1.03. The molecule has 1 aromatic heterocycles. The predicted octanol–water partition coefficient (Wildman–Crippen LogP) is 2.66. The highest BCUT2D eigenvalue weighted by Crippen LogP contribution is 2.10. The Morgan fingerprint density at radius 3 is 2.64 bits per heavy atom. The van der Waals surface area contributed by atoms with Gasteiger partial charge in [-0.05, 0) is 41.9 Å². The van der Waals surface area contributed by atoms with E-state index >= 15 is 0 Å². The third-order valence-electron chi connectivity index (χ3n) is 1.18. The molecule has 0 saturated heterocycles. The topological polar surface area (TPSA) is 24.9 Å². The number of nitrogens with one attached hydrogen (secondary N) is 1. The summed E-state index contributed by atoms with van der Waals surface area (Å²) in [5.41, 5.74) is 1.06. The number of halogens is 1. The Labute approximate surface area is 75.2 Å². The van der Waals surface area contributed by atoms with Crippen molar-refractivity contribution in [2.75, 3.05) is 5.32 Å². The lowest BCUT2D eigenvalue weighted by atomic mass is 10.3. The highest BCUT2D eigenvalue weighted by molar-refractivity contribution is 9.10. The van der Waals surface area contributed by atoms with E-state index in [-0.39, 0.29) is 0 Å². The number of hydrogen-bond donors (Lipinski definition) is 1. The summed E-state index contributed by atoms with van der Waals surface area (Å²) in [4.78, 5) is 4.09. The van der Waals surface area contributed by atoms with Crippen molar-refractivity contribution < 1.29 is 0 Å². The van der Waals surface area contributed by atoms with E-state index in [0.29, 0.717) is 6.04 Å².